The fourth-order valence-corrected chi connectivity index (χ4v) is 1.94. The van der Waals surface area contributed by atoms with Gasteiger partial charge in [0, 0.05) is 6.42 Å². The van der Waals surface area contributed by atoms with Crippen LogP contribution < -0.4 is 0 Å². The van der Waals surface area contributed by atoms with Gasteiger partial charge in [-0.3, -0.25) is 4.79 Å². The molecule has 80 valence electrons. The number of Topliss-reactive ketones (excluding diaryl/α,β-unsaturated/α-hetero) is 1. The quantitative estimate of drug-likeness (QED) is 0.660. The van der Waals surface area contributed by atoms with Crippen LogP contribution in [-0.4, -0.2) is 5.78 Å². The molecule has 0 bridgehead atoms. The fourth-order valence-electron chi connectivity index (χ4n) is 1.94. The Kier molecular flexibility index (Phi) is 5.58. The predicted molar refractivity (Wildman–Crippen MR) is 60.3 cm³/mol. The third kappa shape index (κ3) is 4.08. The van der Waals surface area contributed by atoms with Gasteiger partial charge in [0.15, 0.2) is 5.78 Å². The van der Waals surface area contributed by atoms with E-state index in [1.165, 1.54) is 25.7 Å². The molecule has 1 aliphatic rings. The van der Waals surface area contributed by atoms with Gasteiger partial charge in [-0.15, -0.1) is 0 Å². The third-order valence-corrected chi connectivity index (χ3v) is 2.91. The van der Waals surface area contributed by atoms with Crippen LogP contribution in [-0.2, 0) is 4.79 Å². The molecule has 0 heterocycles. The summed E-state index contributed by atoms with van der Waals surface area (Å²) < 4.78 is 0. The van der Waals surface area contributed by atoms with E-state index in [9.17, 15) is 4.79 Å². The zero-order chi connectivity index (χ0) is 10.2. The van der Waals surface area contributed by atoms with E-state index in [1.54, 1.807) is 0 Å². The highest BCUT2D eigenvalue weighted by Crippen LogP contribution is 2.19. The van der Waals surface area contributed by atoms with Crippen molar-refractivity contribution in [3.8, 4) is 0 Å². The van der Waals surface area contributed by atoms with Gasteiger partial charge in [-0.05, 0) is 37.7 Å². The fraction of sp³-hybridized carbons (Fsp3) is 0.769. The maximum absolute atomic E-state index is 11.8. The van der Waals surface area contributed by atoms with Crippen LogP contribution in [0.15, 0.2) is 11.6 Å². The molecule has 0 aliphatic heterocycles. The van der Waals surface area contributed by atoms with Crippen molar-refractivity contribution in [2.45, 2.75) is 64.7 Å². The van der Waals surface area contributed by atoms with Crippen molar-refractivity contribution in [1.29, 1.82) is 0 Å². The highest BCUT2D eigenvalue weighted by atomic mass is 16.1. The van der Waals surface area contributed by atoms with E-state index < -0.39 is 0 Å². The molecule has 0 aromatic heterocycles. The van der Waals surface area contributed by atoms with Crippen LogP contribution in [0.3, 0.4) is 0 Å². The van der Waals surface area contributed by atoms with Crippen LogP contribution in [0.25, 0.3) is 0 Å². The van der Waals surface area contributed by atoms with Crippen molar-refractivity contribution in [2.75, 3.05) is 0 Å². The Labute approximate surface area is 87.6 Å². The lowest BCUT2D eigenvalue weighted by atomic mass is 9.95. The third-order valence-electron chi connectivity index (χ3n) is 2.91. The molecule has 0 saturated carbocycles. The van der Waals surface area contributed by atoms with Crippen molar-refractivity contribution in [3.05, 3.63) is 11.6 Å². The van der Waals surface area contributed by atoms with Crippen molar-refractivity contribution in [2.24, 2.45) is 0 Å². The Morgan fingerprint density at radius 1 is 1.29 bits per heavy atom. The summed E-state index contributed by atoms with van der Waals surface area (Å²) in [5.74, 6) is 0.411. The molecule has 0 aromatic carbocycles. The number of ketones is 1. The number of hydrogen-bond acceptors (Lipinski definition) is 1. The first-order valence-corrected chi connectivity index (χ1v) is 6.07. The van der Waals surface area contributed by atoms with Gasteiger partial charge in [0.25, 0.3) is 0 Å². The Hall–Kier alpha value is -0.590. The molecular formula is C13H22O. The molecule has 0 aromatic rings. The number of rotatable bonds is 4. The molecule has 0 amide bonds. The second-order valence-electron chi connectivity index (χ2n) is 4.21. The van der Waals surface area contributed by atoms with Gasteiger partial charge in [-0.25, -0.2) is 0 Å². The first-order valence-electron chi connectivity index (χ1n) is 6.07. The normalized spacial score (nSPS) is 18.2. The Bertz CT molecular complexity index is 203. The summed E-state index contributed by atoms with van der Waals surface area (Å²) in [5.41, 5.74) is 1.12. The maximum Gasteiger partial charge on any atom is 0.158 e. The van der Waals surface area contributed by atoms with E-state index in [-0.39, 0.29) is 0 Å². The smallest absolute Gasteiger partial charge is 0.158 e. The molecule has 1 nitrogen and oxygen atoms in total. The van der Waals surface area contributed by atoms with Crippen LogP contribution >= 0.6 is 0 Å². The van der Waals surface area contributed by atoms with E-state index in [1.807, 2.05) is 0 Å². The molecule has 14 heavy (non-hydrogen) atoms. The largest absolute Gasteiger partial charge is 0.295 e. The maximum atomic E-state index is 11.8. The molecule has 1 aliphatic carbocycles. The first kappa shape index (κ1) is 11.5. The second-order valence-corrected chi connectivity index (χ2v) is 4.21. The molecule has 0 saturated heterocycles. The van der Waals surface area contributed by atoms with E-state index >= 15 is 0 Å². The van der Waals surface area contributed by atoms with Gasteiger partial charge < -0.3 is 0 Å². The summed E-state index contributed by atoms with van der Waals surface area (Å²) in [6.07, 6.45) is 12.4. The Morgan fingerprint density at radius 2 is 2.07 bits per heavy atom. The van der Waals surface area contributed by atoms with E-state index in [0.29, 0.717) is 5.78 Å². The topological polar surface area (TPSA) is 17.1 Å². The zero-order valence-electron chi connectivity index (χ0n) is 9.35. The number of unbranched alkanes of at least 4 members (excludes halogenated alkanes) is 1. The van der Waals surface area contributed by atoms with Crippen molar-refractivity contribution < 1.29 is 4.79 Å². The number of allylic oxidation sites excluding steroid dienone is 2. The lowest BCUT2D eigenvalue weighted by Gasteiger charge is -2.09. The predicted octanol–water partition coefficient (Wildman–Crippen LogP) is 4.03. The lowest BCUT2D eigenvalue weighted by molar-refractivity contribution is -0.115. The summed E-state index contributed by atoms with van der Waals surface area (Å²) in [4.78, 5) is 11.8. The van der Waals surface area contributed by atoms with Crippen LogP contribution in [0.5, 0.6) is 0 Å². The molecule has 1 rings (SSSR count). The summed E-state index contributed by atoms with van der Waals surface area (Å²) in [5, 5.41) is 0. The van der Waals surface area contributed by atoms with Crippen molar-refractivity contribution in [1.82, 2.24) is 0 Å². The van der Waals surface area contributed by atoms with Gasteiger partial charge in [0.05, 0.1) is 0 Å². The minimum atomic E-state index is 0.411. The Balaban J connectivity index is 2.42. The number of carbonyl (C=O) groups is 1. The van der Waals surface area contributed by atoms with Gasteiger partial charge in [-0.2, -0.15) is 0 Å². The van der Waals surface area contributed by atoms with Gasteiger partial charge in [-0.1, -0.05) is 32.3 Å². The summed E-state index contributed by atoms with van der Waals surface area (Å²) in [6.45, 7) is 2.14. The molecule has 0 fully saturated rings. The molecule has 0 radical (unpaired) electrons. The van der Waals surface area contributed by atoms with Gasteiger partial charge in [0.1, 0.15) is 0 Å². The molecule has 1 heteroatoms. The number of hydrogen-bond donors (Lipinski definition) is 0. The highest BCUT2D eigenvalue weighted by Gasteiger charge is 2.09. The standard InChI is InChI=1S/C13H22O/c1-2-3-11-13(14)12-9-7-5-4-6-8-10-12/h9H,2-8,10-11H2,1H3. The SMILES string of the molecule is CCCCC(=O)C1=CCCCCCC1. The van der Waals surface area contributed by atoms with Crippen LogP contribution in [0.1, 0.15) is 64.7 Å². The van der Waals surface area contributed by atoms with Gasteiger partial charge in [0.2, 0.25) is 0 Å². The minimum Gasteiger partial charge on any atom is -0.295 e. The van der Waals surface area contributed by atoms with Crippen LogP contribution in [0, 0.1) is 0 Å². The molecule has 0 unspecified atom stereocenters. The van der Waals surface area contributed by atoms with Crippen LogP contribution in [0.2, 0.25) is 0 Å². The Morgan fingerprint density at radius 3 is 2.86 bits per heavy atom. The van der Waals surface area contributed by atoms with E-state index in [0.717, 1.165) is 37.7 Å². The molecular weight excluding hydrogens is 172 g/mol. The van der Waals surface area contributed by atoms with Crippen molar-refractivity contribution in [3.63, 3.8) is 0 Å². The molecule has 0 spiro atoms. The zero-order valence-corrected chi connectivity index (χ0v) is 9.35. The summed E-state index contributed by atoms with van der Waals surface area (Å²) in [6, 6.07) is 0. The molecule has 0 N–H and O–H groups in total. The summed E-state index contributed by atoms with van der Waals surface area (Å²) >= 11 is 0. The molecule has 0 atom stereocenters. The second kappa shape index (κ2) is 6.80. The number of carbonyl (C=O) groups excluding carboxylic acids is 1. The van der Waals surface area contributed by atoms with Crippen LogP contribution in [0.4, 0.5) is 0 Å². The monoisotopic (exact) mass is 194 g/mol. The average molecular weight is 194 g/mol. The highest BCUT2D eigenvalue weighted by molar-refractivity contribution is 5.95. The average Bonchev–Trinajstić information content (AvgIpc) is 2.13. The van der Waals surface area contributed by atoms with Crippen molar-refractivity contribution >= 4 is 5.78 Å². The van der Waals surface area contributed by atoms with E-state index in [4.69, 9.17) is 0 Å². The van der Waals surface area contributed by atoms with Gasteiger partial charge >= 0.3 is 0 Å². The summed E-state index contributed by atoms with van der Waals surface area (Å²) in [7, 11) is 0. The van der Waals surface area contributed by atoms with E-state index in [2.05, 4.69) is 13.0 Å². The lowest BCUT2D eigenvalue weighted by Crippen LogP contribution is -2.04. The first-order chi connectivity index (χ1) is 6.84. The minimum absolute atomic E-state index is 0.411.